The molecule has 0 aliphatic carbocycles. The molecule has 0 saturated carbocycles. The summed E-state index contributed by atoms with van der Waals surface area (Å²) >= 11 is 1.77. The maximum Gasteiger partial charge on any atom is 0.416 e. The minimum atomic E-state index is -4.57. The second-order valence-corrected chi connectivity index (χ2v) is 5.85. The molecule has 1 heterocycles. The Labute approximate surface area is 119 Å². The summed E-state index contributed by atoms with van der Waals surface area (Å²) in [6.07, 6.45) is -4.57. The Kier molecular flexibility index (Phi) is 4.93. The second kappa shape index (κ2) is 6.32. The molecule has 1 saturated heterocycles. The molecule has 1 unspecified atom stereocenters. The predicted octanol–water partition coefficient (Wildman–Crippen LogP) is 2.89. The highest BCUT2D eigenvalue weighted by Crippen LogP contribution is 2.37. The Morgan fingerprint density at radius 1 is 1.25 bits per heavy atom. The smallest absolute Gasteiger partial charge is 0.329 e. The van der Waals surface area contributed by atoms with E-state index in [0.29, 0.717) is 19.2 Å². The molecule has 0 amide bonds. The quantitative estimate of drug-likeness (QED) is 0.871. The summed E-state index contributed by atoms with van der Waals surface area (Å²) in [6, 6.07) is 2.30. The van der Waals surface area contributed by atoms with Crippen molar-refractivity contribution in [3.05, 3.63) is 35.1 Å². The molecule has 2 rings (SSSR count). The average Bonchev–Trinajstić information content (AvgIpc) is 2.41. The average molecular weight is 308 g/mol. The lowest BCUT2D eigenvalue weighted by Crippen LogP contribution is -2.40. The van der Waals surface area contributed by atoms with Crippen LogP contribution in [0, 0.1) is 5.82 Å². The number of nitrogens with two attached hydrogens (primary N) is 1. The highest BCUT2D eigenvalue weighted by atomic mass is 32.2. The van der Waals surface area contributed by atoms with Gasteiger partial charge in [-0.15, -0.1) is 0 Å². The minimum Gasteiger partial charge on any atom is -0.329 e. The van der Waals surface area contributed by atoms with Crippen LogP contribution in [0.25, 0.3) is 0 Å². The van der Waals surface area contributed by atoms with Crippen LogP contribution in [0.4, 0.5) is 17.6 Å². The minimum absolute atomic E-state index is 0.0632. The van der Waals surface area contributed by atoms with Crippen molar-refractivity contribution in [3.8, 4) is 0 Å². The molecule has 7 heteroatoms. The van der Waals surface area contributed by atoms with E-state index in [1.54, 1.807) is 11.8 Å². The molecule has 1 aromatic carbocycles. The van der Waals surface area contributed by atoms with Crippen molar-refractivity contribution in [2.24, 2.45) is 5.73 Å². The van der Waals surface area contributed by atoms with Gasteiger partial charge in [-0.1, -0.05) is 6.07 Å². The van der Waals surface area contributed by atoms with E-state index in [1.807, 2.05) is 4.90 Å². The van der Waals surface area contributed by atoms with E-state index in [9.17, 15) is 17.6 Å². The topological polar surface area (TPSA) is 29.3 Å². The van der Waals surface area contributed by atoms with Gasteiger partial charge in [0.15, 0.2) is 0 Å². The number of thioether (sulfide) groups is 1. The Hall–Kier alpha value is -0.790. The standard InChI is InChI=1S/C13H16F4N2S/c14-9-1-2-10(11(7-9)13(15,16)17)12(8-18)19-3-5-20-6-4-19/h1-2,7,12H,3-6,8,18H2. The summed E-state index contributed by atoms with van der Waals surface area (Å²) in [5, 5.41) is 0. The van der Waals surface area contributed by atoms with Crippen LogP contribution < -0.4 is 5.73 Å². The van der Waals surface area contributed by atoms with Crippen LogP contribution in [-0.4, -0.2) is 36.0 Å². The molecule has 0 aromatic heterocycles. The number of hydrogen-bond acceptors (Lipinski definition) is 3. The van der Waals surface area contributed by atoms with Crippen LogP contribution in [0.15, 0.2) is 18.2 Å². The Morgan fingerprint density at radius 2 is 1.90 bits per heavy atom. The van der Waals surface area contributed by atoms with E-state index < -0.39 is 23.6 Å². The van der Waals surface area contributed by atoms with E-state index in [-0.39, 0.29) is 12.1 Å². The van der Waals surface area contributed by atoms with Crippen molar-refractivity contribution in [1.29, 1.82) is 0 Å². The maximum atomic E-state index is 13.1. The van der Waals surface area contributed by atoms with Gasteiger partial charge in [0.2, 0.25) is 0 Å². The summed E-state index contributed by atoms with van der Waals surface area (Å²) in [7, 11) is 0. The summed E-state index contributed by atoms with van der Waals surface area (Å²) in [5.41, 5.74) is 4.81. The maximum absolute atomic E-state index is 13.1. The van der Waals surface area contributed by atoms with Gasteiger partial charge in [-0.2, -0.15) is 24.9 Å². The molecule has 20 heavy (non-hydrogen) atoms. The Bertz CT molecular complexity index is 458. The zero-order valence-electron chi connectivity index (χ0n) is 10.8. The molecule has 1 aliphatic rings. The fraction of sp³-hybridized carbons (Fsp3) is 0.538. The fourth-order valence-electron chi connectivity index (χ4n) is 2.43. The van der Waals surface area contributed by atoms with Crippen molar-refractivity contribution < 1.29 is 17.6 Å². The molecule has 0 radical (unpaired) electrons. The summed E-state index contributed by atoms with van der Waals surface area (Å²) in [5.74, 6) is 0.865. The Morgan fingerprint density at radius 3 is 2.45 bits per heavy atom. The van der Waals surface area contributed by atoms with Crippen molar-refractivity contribution in [1.82, 2.24) is 4.90 Å². The third-order valence-electron chi connectivity index (χ3n) is 3.39. The predicted molar refractivity (Wildman–Crippen MR) is 72.1 cm³/mol. The Balaban J connectivity index is 2.38. The van der Waals surface area contributed by atoms with Gasteiger partial charge in [-0.3, -0.25) is 4.90 Å². The number of hydrogen-bond donors (Lipinski definition) is 1. The van der Waals surface area contributed by atoms with Crippen LogP contribution >= 0.6 is 11.8 Å². The monoisotopic (exact) mass is 308 g/mol. The van der Waals surface area contributed by atoms with Gasteiger partial charge >= 0.3 is 6.18 Å². The van der Waals surface area contributed by atoms with Crippen molar-refractivity contribution in [2.45, 2.75) is 12.2 Å². The molecular weight excluding hydrogens is 292 g/mol. The van der Waals surface area contributed by atoms with Gasteiger partial charge in [0, 0.05) is 37.2 Å². The highest BCUT2D eigenvalue weighted by Gasteiger charge is 2.36. The SMILES string of the molecule is NCC(c1ccc(F)cc1C(F)(F)F)N1CCSCC1. The third-order valence-corrected chi connectivity index (χ3v) is 4.33. The van der Waals surface area contributed by atoms with Gasteiger partial charge < -0.3 is 5.73 Å². The number of alkyl halides is 3. The van der Waals surface area contributed by atoms with E-state index in [2.05, 4.69) is 0 Å². The molecule has 1 atom stereocenters. The van der Waals surface area contributed by atoms with E-state index >= 15 is 0 Å². The van der Waals surface area contributed by atoms with Crippen LogP contribution in [0.3, 0.4) is 0 Å². The van der Waals surface area contributed by atoms with Gasteiger partial charge in [0.1, 0.15) is 5.82 Å². The zero-order chi connectivity index (χ0) is 14.8. The first-order valence-electron chi connectivity index (χ1n) is 6.32. The third kappa shape index (κ3) is 3.45. The summed E-state index contributed by atoms with van der Waals surface area (Å²) in [4.78, 5) is 1.94. The summed E-state index contributed by atoms with van der Waals surface area (Å²) < 4.78 is 52.3. The lowest BCUT2D eigenvalue weighted by molar-refractivity contribution is -0.139. The second-order valence-electron chi connectivity index (χ2n) is 4.63. The largest absolute Gasteiger partial charge is 0.416 e. The normalized spacial score (nSPS) is 19.1. The lowest BCUT2D eigenvalue weighted by Gasteiger charge is -2.35. The van der Waals surface area contributed by atoms with Crippen molar-refractivity contribution in [3.63, 3.8) is 0 Å². The van der Waals surface area contributed by atoms with Crippen LogP contribution in [-0.2, 0) is 6.18 Å². The molecule has 2 nitrogen and oxygen atoms in total. The van der Waals surface area contributed by atoms with Crippen LogP contribution in [0.1, 0.15) is 17.2 Å². The molecule has 0 spiro atoms. The number of halogens is 4. The first kappa shape index (κ1) is 15.6. The fourth-order valence-corrected chi connectivity index (χ4v) is 3.36. The van der Waals surface area contributed by atoms with Gasteiger partial charge in [0.05, 0.1) is 5.56 Å². The molecule has 1 fully saturated rings. The molecule has 1 aliphatic heterocycles. The number of rotatable bonds is 3. The first-order chi connectivity index (χ1) is 9.43. The van der Waals surface area contributed by atoms with Gasteiger partial charge in [-0.05, 0) is 17.7 Å². The molecule has 2 N–H and O–H groups in total. The number of nitrogens with zero attached hydrogens (tertiary/aromatic N) is 1. The van der Waals surface area contributed by atoms with Crippen LogP contribution in [0.5, 0.6) is 0 Å². The van der Waals surface area contributed by atoms with Gasteiger partial charge in [0.25, 0.3) is 0 Å². The first-order valence-corrected chi connectivity index (χ1v) is 7.47. The van der Waals surface area contributed by atoms with Crippen molar-refractivity contribution in [2.75, 3.05) is 31.1 Å². The molecule has 112 valence electrons. The van der Waals surface area contributed by atoms with E-state index in [4.69, 9.17) is 5.73 Å². The van der Waals surface area contributed by atoms with E-state index in [1.165, 1.54) is 6.07 Å². The molecule has 0 bridgehead atoms. The molecular formula is C13H16F4N2S. The number of benzene rings is 1. The van der Waals surface area contributed by atoms with E-state index in [0.717, 1.165) is 17.6 Å². The highest BCUT2D eigenvalue weighted by molar-refractivity contribution is 7.99. The van der Waals surface area contributed by atoms with Crippen molar-refractivity contribution >= 4 is 11.8 Å². The zero-order valence-corrected chi connectivity index (χ0v) is 11.6. The van der Waals surface area contributed by atoms with Gasteiger partial charge in [-0.25, -0.2) is 4.39 Å². The van der Waals surface area contributed by atoms with Crippen LogP contribution in [0.2, 0.25) is 0 Å². The molecule has 1 aromatic rings. The summed E-state index contributed by atoms with van der Waals surface area (Å²) in [6.45, 7) is 1.47. The lowest BCUT2D eigenvalue weighted by atomic mass is 9.98.